The molecule has 1 fully saturated rings. The summed E-state index contributed by atoms with van der Waals surface area (Å²) in [5.74, 6) is -2.16. The molecule has 2 aromatic rings. The highest BCUT2D eigenvalue weighted by atomic mass is 16.5. The lowest BCUT2D eigenvalue weighted by Gasteiger charge is -2.27. The number of carbonyl (C=O) groups is 2. The van der Waals surface area contributed by atoms with Crippen molar-refractivity contribution in [2.45, 2.75) is 79.4 Å². The van der Waals surface area contributed by atoms with Crippen molar-refractivity contribution in [3.8, 4) is 0 Å². The van der Waals surface area contributed by atoms with Crippen LogP contribution in [0.3, 0.4) is 0 Å². The highest BCUT2D eigenvalue weighted by Crippen LogP contribution is 2.45. The Morgan fingerprint density at radius 2 is 1.75 bits per heavy atom. The van der Waals surface area contributed by atoms with Crippen LogP contribution in [-0.4, -0.2) is 45.3 Å². The number of rotatable bonds is 6. The summed E-state index contributed by atoms with van der Waals surface area (Å²) in [6, 6.07) is -0.376. The number of aliphatic hydroxyl groups excluding tert-OH is 1. The zero-order valence-electron chi connectivity index (χ0n) is 26.6. The SMILES string of the molecule is CCc1c2[nH]c(c1C)/C=C1\NC(=C(C)[C@@H]1CC)/C=C1\NC(C3=c4[nH]/c(c(C)c4[C@H](O)[C@@H]3C(=O)OC)=C\2)[C@@H](CCC(=O)O)[C@@H]1C. The molecule has 1 saturated heterocycles. The summed E-state index contributed by atoms with van der Waals surface area (Å²) in [7, 11) is 1.34. The first-order valence-electron chi connectivity index (χ1n) is 15.8. The van der Waals surface area contributed by atoms with E-state index in [4.69, 9.17) is 4.74 Å². The number of allylic oxidation sites excluding steroid dienone is 3. The number of aromatic amines is 2. The van der Waals surface area contributed by atoms with Crippen LogP contribution in [0.25, 0.3) is 17.7 Å². The van der Waals surface area contributed by atoms with Crippen molar-refractivity contribution in [1.29, 1.82) is 0 Å². The molecule has 44 heavy (non-hydrogen) atoms. The van der Waals surface area contributed by atoms with Gasteiger partial charge in [-0.1, -0.05) is 20.8 Å². The van der Waals surface area contributed by atoms with Gasteiger partial charge in [-0.3, -0.25) is 9.59 Å². The maximum atomic E-state index is 13.3. The van der Waals surface area contributed by atoms with Gasteiger partial charge in [0.2, 0.25) is 0 Å². The van der Waals surface area contributed by atoms with E-state index in [0.717, 1.165) is 63.2 Å². The molecule has 8 bridgehead atoms. The second-order valence-corrected chi connectivity index (χ2v) is 12.8. The monoisotopic (exact) mass is 600 g/mol. The first-order valence-corrected chi connectivity index (χ1v) is 15.8. The summed E-state index contributed by atoms with van der Waals surface area (Å²) in [6.07, 6.45) is 7.66. The van der Waals surface area contributed by atoms with E-state index in [1.54, 1.807) is 0 Å². The average molecular weight is 601 g/mol. The maximum absolute atomic E-state index is 13.3. The zero-order valence-corrected chi connectivity index (χ0v) is 26.6. The van der Waals surface area contributed by atoms with Crippen LogP contribution in [0.2, 0.25) is 0 Å². The van der Waals surface area contributed by atoms with Gasteiger partial charge in [-0.05, 0) is 92.0 Å². The summed E-state index contributed by atoms with van der Waals surface area (Å²) in [5, 5.41) is 30.4. The second-order valence-electron chi connectivity index (χ2n) is 12.8. The second kappa shape index (κ2) is 11.2. The van der Waals surface area contributed by atoms with Crippen LogP contribution >= 0.6 is 0 Å². The minimum atomic E-state index is -1.08. The number of carboxylic acids is 1. The molecule has 2 aromatic heterocycles. The predicted molar refractivity (Wildman–Crippen MR) is 169 cm³/mol. The molecule has 0 aromatic carbocycles. The fourth-order valence-electron chi connectivity index (χ4n) is 8.15. The van der Waals surface area contributed by atoms with Gasteiger partial charge in [-0.25, -0.2) is 0 Å². The number of methoxy groups -OCH3 is 1. The van der Waals surface area contributed by atoms with Gasteiger partial charge in [0.25, 0.3) is 0 Å². The lowest BCUT2D eigenvalue weighted by Crippen LogP contribution is -2.37. The quantitative estimate of drug-likeness (QED) is 0.279. The van der Waals surface area contributed by atoms with Crippen LogP contribution in [0, 0.1) is 37.5 Å². The summed E-state index contributed by atoms with van der Waals surface area (Å²) in [6.45, 7) is 12.8. The Labute approximate surface area is 257 Å². The van der Waals surface area contributed by atoms with Gasteiger partial charge < -0.3 is 35.6 Å². The van der Waals surface area contributed by atoms with E-state index in [1.807, 2.05) is 6.92 Å². The standard InChI is InChI=1S/C35H44N4O5/c1-8-19-15(3)22-12-24-17(5)21(10-11-28(40)41)32(38-24)30-31(35(43)44-7)34(42)29-18(6)25(39-33(29)30)14-27-20(9-2)16(4)23(37-27)13-26(19)36-22/h12-14,17,19,21,31-32,34,36-39,42H,8-11H2,1-7H3,(H,40,41)/b24-12-,25-14-,26-13-/t17-,19-,21-,31+,32?,34-/m0/s1. The predicted octanol–water partition coefficient (Wildman–Crippen LogP) is 3.57. The van der Waals surface area contributed by atoms with Gasteiger partial charge in [0, 0.05) is 63.0 Å². The largest absolute Gasteiger partial charge is 0.481 e. The highest BCUT2D eigenvalue weighted by Gasteiger charge is 2.49. The fourth-order valence-corrected chi connectivity index (χ4v) is 8.15. The van der Waals surface area contributed by atoms with Crippen LogP contribution in [-0.2, 0) is 20.7 Å². The summed E-state index contributed by atoms with van der Waals surface area (Å²) < 4.78 is 5.24. The van der Waals surface area contributed by atoms with Crippen LogP contribution in [0.15, 0.2) is 28.7 Å². The number of aliphatic hydroxyl groups is 1. The maximum Gasteiger partial charge on any atom is 0.315 e. The Kier molecular flexibility index (Phi) is 7.64. The molecule has 3 aliphatic heterocycles. The molecule has 1 aliphatic carbocycles. The molecular weight excluding hydrogens is 556 g/mol. The van der Waals surface area contributed by atoms with Crippen molar-refractivity contribution in [2.24, 2.45) is 23.7 Å². The summed E-state index contributed by atoms with van der Waals surface area (Å²) in [5.41, 5.74) is 11.3. The van der Waals surface area contributed by atoms with E-state index < -0.39 is 24.0 Å². The molecule has 6 N–H and O–H groups in total. The number of ether oxygens (including phenoxy) is 1. The number of hydrogen-bond acceptors (Lipinski definition) is 6. The number of fused-ring (bicyclic) bond motifs is 8. The molecule has 6 rings (SSSR count). The number of aliphatic carboxylic acids is 1. The van der Waals surface area contributed by atoms with Crippen molar-refractivity contribution in [3.05, 3.63) is 73.1 Å². The molecular formula is C35H44N4O5. The highest BCUT2D eigenvalue weighted by molar-refractivity contribution is 5.88. The average Bonchev–Trinajstić information content (AvgIpc) is 3.72. The number of nitrogens with one attached hydrogen (secondary N) is 4. The molecule has 0 saturated carbocycles. The lowest BCUT2D eigenvalue weighted by molar-refractivity contribution is -0.146. The van der Waals surface area contributed by atoms with Crippen LogP contribution < -0.4 is 21.3 Å². The number of esters is 1. The van der Waals surface area contributed by atoms with E-state index in [-0.39, 0.29) is 30.2 Å². The van der Waals surface area contributed by atoms with Crippen molar-refractivity contribution in [3.63, 3.8) is 0 Å². The number of carboxylic acid groups (broad SMARTS) is 1. The minimum Gasteiger partial charge on any atom is -0.481 e. The van der Waals surface area contributed by atoms with Gasteiger partial charge in [0.15, 0.2) is 0 Å². The van der Waals surface area contributed by atoms with E-state index in [9.17, 15) is 19.8 Å². The molecule has 0 spiro atoms. The lowest BCUT2D eigenvalue weighted by atomic mass is 9.80. The molecule has 234 valence electrons. The Morgan fingerprint density at radius 3 is 2.41 bits per heavy atom. The van der Waals surface area contributed by atoms with Crippen molar-refractivity contribution >= 4 is 29.7 Å². The Hall–Kier alpha value is -3.98. The first-order chi connectivity index (χ1) is 21.0. The topological polar surface area (TPSA) is 139 Å². The third kappa shape index (κ3) is 4.55. The minimum absolute atomic E-state index is 0.00762. The molecule has 0 amide bonds. The third-order valence-corrected chi connectivity index (χ3v) is 10.6. The number of H-pyrrole nitrogens is 2. The van der Waals surface area contributed by atoms with Gasteiger partial charge in [0.1, 0.15) is 5.92 Å². The van der Waals surface area contributed by atoms with E-state index in [2.05, 4.69) is 73.4 Å². The molecule has 9 heteroatoms. The molecule has 9 nitrogen and oxygen atoms in total. The molecule has 6 atom stereocenters. The van der Waals surface area contributed by atoms with Crippen molar-refractivity contribution < 1.29 is 24.5 Å². The first kappa shape index (κ1) is 30.1. The van der Waals surface area contributed by atoms with E-state index in [0.29, 0.717) is 12.0 Å². The van der Waals surface area contributed by atoms with Crippen molar-refractivity contribution in [2.75, 3.05) is 7.11 Å². The summed E-state index contributed by atoms with van der Waals surface area (Å²) >= 11 is 0. The third-order valence-electron chi connectivity index (χ3n) is 10.6. The van der Waals surface area contributed by atoms with Crippen LogP contribution in [0.1, 0.15) is 86.7 Å². The van der Waals surface area contributed by atoms with Gasteiger partial charge in [-0.15, -0.1) is 0 Å². The number of hydrogen-bond donors (Lipinski definition) is 6. The summed E-state index contributed by atoms with van der Waals surface area (Å²) in [4.78, 5) is 32.3. The van der Waals surface area contributed by atoms with Gasteiger partial charge in [-0.2, -0.15) is 0 Å². The van der Waals surface area contributed by atoms with Crippen LogP contribution in [0.4, 0.5) is 0 Å². The van der Waals surface area contributed by atoms with Gasteiger partial charge in [0.05, 0.1) is 19.3 Å². The van der Waals surface area contributed by atoms with Crippen LogP contribution in [0.5, 0.6) is 0 Å². The zero-order chi connectivity index (χ0) is 31.6. The Bertz CT molecular complexity index is 1770. The Morgan fingerprint density at radius 1 is 1.00 bits per heavy atom. The number of carbonyl (C=O) groups excluding carboxylic acids is 1. The molecule has 5 heterocycles. The van der Waals surface area contributed by atoms with E-state index in [1.165, 1.54) is 23.8 Å². The van der Waals surface area contributed by atoms with Gasteiger partial charge >= 0.3 is 11.9 Å². The molecule has 4 aliphatic rings. The van der Waals surface area contributed by atoms with E-state index >= 15 is 0 Å². The molecule has 0 radical (unpaired) electrons. The smallest absolute Gasteiger partial charge is 0.315 e. The normalized spacial score (nSPS) is 30.2. The number of aromatic nitrogens is 2. The fraction of sp³-hybridized carbons (Fsp3) is 0.486. The Balaban J connectivity index is 1.67. The van der Waals surface area contributed by atoms with Crippen molar-refractivity contribution in [1.82, 2.24) is 20.6 Å². The molecule has 1 unspecified atom stereocenters.